The number of halogens is 1. The summed E-state index contributed by atoms with van der Waals surface area (Å²) in [5, 5.41) is 7.71. The van der Waals surface area contributed by atoms with Crippen molar-refractivity contribution in [2.24, 2.45) is 5.92 Å². The lowest BCUT2D eigenvalue weighted by atomic mass is 9.78. The van der Waals surface area contributed by atoms with Crippen LogP contribution in [0.2, 0.25) is 0 Å². The highest BCUT2D eigenvalue weighted by Gasteiger charge is 2.26. The van der Waals surface area contributed by atoms with Crippen LogP contribution in [0.1, 0.15) is 50.0 Å². The number of rotatable bonds is 7. The van der Waals surface area contributed by atoms with E-state index in [2.05, 4.69) is 63.8 Å². The molecule has 0 aliphatic heterocycles. The molecule has 0 bridgehead atoms. The van der Waals surface area contributed by atoms with Gasteiger partial charge < -0.3 is 17.7 Å². The van der Waals surface area contributed by atoms with Crippen LogP contribution >= 0.6 is 0 Å². The monoisotopic (exact) mass is 450 g/mol. The SMILES string of the molecule is O=C(C[n+]1cccc(-c2ccnn2CC2CCCC(c3ccccc3)C2)c1)NC1CC1.[Cl-]. The quantitative estimate of drug-likeness (QED) is 0.548. The minimum absolute atomic E-state index is 0. The third-order valence-corrected chi connectivity index (χ3v) is 6.62. The van der Waals surface area contributed by atoms with Crippen molar-refractivity contribution in [1.82, 2.24) is 15.1 Å². The minimum atomic E-state index is 0. The highest BCUT2D eigenvalue weighted by atomic mass is 35.5. The van der Waals surface area contributed by atoms with E-state index in [-0.39, 0.29) is 18.3 Å². The van der Waals surface area contributed by atoms with Gasteiger partial charge in [0, 0.05) is 24.8 Å². The minimum Gasteiger partial charge on any atom is -1.00 e. The molecule has 2 aliphatic carbocycles. The van der Waals surface area contributed by atoms with Crippen molar-refractivity contribution >= 4 is 5.91 Å². The van der Waals surface area contributed by atoms with Gasteiger partial charge in [-0.1, -0.05) is 36.8 Å². The summed E-state index contributed by atoms with van der Waals surface area (Å²) in [7, 11) is 0. The van der Waals surface area contributed by atoms with E-state index in [0.29, 0.717) is 24.4 Å². The van der Waals surface area contributed by atoms with Gasteiger partial charge in [-0.3, -0.25) is 9.48 Å². The number of pyridine rings is 1. The zero-order chi connectivity index (χ0) is 21.0. The molecule has 2 atom stereocenters. The number of hydrogen-bond donors (Lipinski definition) is 1. The van der Waals surface area contributed by atoms with Gasteiger partial charge in [0.05, 0.1) is 11.3 Å². The zero-order valence-electron chi connectivity index (χ0n) is 18.4. The first kappa shape index (κ1) is 22.5. The smallest absolute Gasteiger partial charge is 0.286 e. The Morgan fingerprint density at radius 2 is 1.91 bits per heavy atom. The number of hydrogen-bond acceptors (Lipinski definition) is 2. The van der Waals surface area contributed by atoms with Gasteiger partial charge in [-0.05, 0) is 61.6 Å². The number of nitrogens with zero attached hydrogens (tertiary/aromatic N) is 3. The molecule has 0 spiro atoms. The molecule has 2 aliphatic rings. The van der Waals surface area contributed by atoms with Gasteiger partial charge in [0.25, 0.3) is 5.91 Å². The summed E-state index contributed by atoms with van der Waals surface area (Å²) in [5.41, 5.74) is 3.70. The molecule has 2 unspecified atom stereocenters. The van der Waals surface area contributed by atoms with Crippen molar-refractivity contribution in [2.45, 2.75) is 63.6 Å². The Morgan fingerprint density at radius 3 is 2.72 bits per heavy atom. The Labute approximate surface area is 196 Å². The number of benzene rings is 1. The average Bonchev–Trinajstić information content (AvgIpc) is 3.49. The molecule has 32 heavy (non-hydrogen) atoms. The molecule has 2 aromatic heterocycles. The van der Waals surface area contributed by atoms with Crippen LogP contribution in [-0.2, 0) is 17.9 Å². The van der Waals surface area contributed by atoms with Crippen molar-refractivity contribution < 1.29 is 21.8 Å². The Hall–Kier alpha value is -2.66. The maximum absolute atomic E-state index is 12.2. The van der Waals surface area contributed by atoms with Gasteiger partial charge in [0.15, 0.2) is 12.4 Å². The molecule has 2 fully saturated rings. The summed E-state index contributed by atoms with van der Waals surface area (Å²) in [5.74, 6) is 1.38. The van der Waals surface area contributed by atoms with Gasteiger partial charge in [-0.15, -0.1) is 0 Å². The van der Waals surface area contributed by atoms with Gasteiger partial charge in [0.1, 0.15) is 0 Å². The van der Waals surface area contributed by atoms with Crippen LogP contribution in [-0.4, -0.2) is 21.7 Å². The van der Waals surface area contributed by atoms with E-state index < -0.39 is 0 Å². The Kier molecular flexibility index (Phi) is 7.26. The first-order chi connectivity index (χ1) is 15.2. The molecule has 168 valence electrons. The van der Waals surface area contributed by atoms with E-state index in [0.717, 1.165) is 30.6 Å². The van der Waals surface area contributed by atoms with Crippen LogP contribution in [0.5, 0.6) is 0 Å². The zero-order valence-corrected chi connectivity index (χ0v) is 19.1. The molecule has 5 rings (SSSR count). The third kappa shape index (κ3) is 5.57. The van der Waals surface area contributed by atoms with Crippen molar-refractivity contribution in [3.05, 3.63) is 72.7 Å². The number of carbonyl (C=O) groups is 1. The second kappa shape index (κ2) is 10.3. The Balaban J connectivity index is 0.00000245. The molecule has 0 saturated heterocycles. The first-order valence-electron chi connectivity index (χ1n) is 11.6. The summed E-state index contributed by atoms with van der Waals surface area (Å²) >= 11 is 0. The predicted molar refractivity (Wildman–Crippen MR) is 120 cm³/mol. The van der Waals surface area contributed by atoms with Crippen molar-refractivity contribution in [3.8, 4) is 11.3 Å². The van der Waals surface area contributed by atoms with Gasteiger partial charge >= 0.3 is 0 Å². The second-order valence-corrected chi connectivity index (χ2v) is 9.15. The summed E-state index contributed by atoms with van der Waals surface area (Å²) in [6.07, 6.45) is 13.2. The molecule has 3 aromatic rings. The third-order valence-electron chi connectivity index (χ3n) is 6.62. The lowest BCUT2D eigenvalue weighted by molar-refractivity contribution is -0.684. The largest absolute Gasteiger partial charge is 1.00 e. The van der Waals surface area contributed by atoms with Gasteiger partial charge in [-0.2, -0.15) is 9.67 Å². The number of carbonyl (C=O) groups excluding carboxylic acids is 1. The number of aromatic nitrogens is 3. The molecule has 2 heterocycles. The maximum Gasteiger partial charge on any atom is 0.286 e. The number of nitrogens with one attached hydrogen (secondary N) is 1. The van der Waals surface area contributed by atoms with Crippen LogP contribution in [0.15, 0.2) is 67.1 Å². The first-order valence-corrected chi connectivity index (χ1v) is 11.6. The normalized spacial score (nSPS) is 20.4. The van der Waals surface area contributed by atoms with E-state index in [1.807, 2.05) is 23.0 Å². The molecule has 2 saturated carbocycles. The highest BCUT2D eigenvalue weighted by Crippen LogP contribution is 2.37. The van der Waals surface area contributed by atoms with E-state index in [1.54, 1.807) is 0 Å². The molecule has 1 N–H and O–H groups in total. The van der Waals surface area contributed by atoms with Crippen LogP contribution in [0, 0.1) is 5.92 Å². The summed E-state index contributed by atoms with van der Waals surface area (Å²) < 4.78 is 4.12. The van der Waals surface area contributed by atoms with E-state index in [9.17, 15) is 4.79 Å². The molecule has 5 nitrogen and oxygen atoms in total. The van der Waals surface area contributed by atoms with Crippen molar-refractivity contribution in [1.29, 1.82) is 0 Å². The summed E-state index contributed by atoms with van der Waals surface area (Å²) in [4.78, 5) is 12.2. The molecular formula is C26H31ClN4O. The average molecular weight is 451 g/mol. The molecular weight excluding hydrogens is 420 g/mol. The highest BCUT2D eigenvalue weighted by molar-refractivity contribution is 5.75. The van der Waals surface area contributed by atoms with Gasteiger partial charge in [0.2, 0.25) is 6.54 Å². The van der Waals surface area contributed by atoms with Crippen LogP contribution < -0.4 is 22.3 Å². The van der Waals surface area contributed by atoms with Gasteiger partial charge in [-0.25, -0.2) is 0 Å². The molecule has 6 heteroatoms. The van der Waals surface area contributed by atoms with E-state index >= 15 is 0 Å². The molecule has 1 amide bonds. The number of amides is 1. The van der Waals surface area contributed by atoms with Crippen LogP contribution in [0.3, 0.4) is 0 Å². The van der Waals surface area contributed by atoms with Crippen molar-refractivity contribution in [2.75, 3.05) is 0 Å². The standard InChI is InChI=1S/C26H30N4O.ClH/c31-26(28-24-11-12-24)19-29-15-5-10-23(18-29)25-13-14-27-30(25)17-20-6-4-9-22(16-20)21-7-2-1-3-8-21;/h1-3,5,7-8,10,13-15,18,20,22,24H,4,6,9,11-12,16-17,19H2;1H. The Morgan fingerprint density at radius 1 is 1.06 bits per heavy atom. The van der Waals surface area contributed by atoms with Crippen LogP contribution in [0.4, 0.5) is 0 Å². The van der Waals surface area contributed by atoms with E-state index in [1.165, 1.54) is 31.2 Å². The maximum atomic E-state index is 12.2. The summed E-state index contributed by atoms with van der Waals surface area (Å²) in [6.45, 7) is 1.31. The fraction of sp³-hybridized carbons (Fsp3) is 0.423. The predicted octanol–water partition coefficient (Wildman–Crippen LogP) is 1.09. The second-order valence-electron chi connectivity index (χ2n) is 9.15. The fourth-order valence-corrected chi connectivity index (χ4v) is 4.89. The lowest BCUT2D eigenvalue weighted by Crippen LogP contribution is -3.00. The van der Waals surface area contributed by atoms with Crippen LogP contribution in [0.25, 0.3) is 11.3 Å². The topological polar surface area (TPSA) is 50.8 Å². The van der Waals surface area contributed by atoms with Crippen molar-refractivity contribution in [3.63, 3.8) is 0 Å². The molecule has 0 radical (unpaired) electrons. The fourth-order valence-electron chi connectivity index (χ4n) is 4.89. The summed E-state index contributed by atoms with van der Waals surface area (Å²) in [6, 6.07) is 17.6. The lowest BCUT2D eigenvalue weighted by Gasteiger charge is -2.29. The van der Waals surface area contributed by atoms with E-state index in [4.69, 9.17) is 0 Å². The Bertz CT molecular complexity index is 1030. The molecule has 1 aromatic carbocycles.